The molecule has 0 bridgehead atoms. The fourth-order valence-corrected chi connectivity index (χ4v) is 14.1. The number of unbranched alkanes of at least 4 members (excludes halogenated alkanes) is 50. The minimum absolute atomic E-state index is 0.106. The molecule has 0 aliphatic rings. The third kappa shape index (κ3) is 74.3. The van der Waals surface area contributed by atoms with Crippen LogP contribution in [-0.2, 0) is 65.4 Å². The standard InChI is InChI=1S/C81H158O17P2/c1-7-9-11-13-15-17-19-20-21-22-23-24-25-26-31-35-41-47-53-59-65-80(85)97-76(69-92-79(84)64-58-52-46-40-34-30-28-27-29-33-37-43-49-55-61-73(3)4)71-95-99(87,88)93-67-75(82)68-94-100(89,90)96-72-77(70-91-78(83)63-57-51-45-39-32-18-16-14-12-10-8-2)98-81(86)66-60-54-48-42-36-38-44-50-56-62-74(5)6/h73-77,82H,7-72H2,1-6H3,(H,87,88)(H,89,90)/t75-,76-,77-/m1/s1. The second kappa shape index (κ2) is 72.6. The topological polar surface area (TPSA) is 237 Å². The van der Waals surface area contributed by atoms with E-state index in [1.807, 2.05) is 0 Å². The van der Waals surface area contributed by atoms with Crippen molar-refractivity contribution in [3.8, 4) is 0 Å². The Bertz CT molecular complexity index is 1920. The maximum atomic E-state index is 13.1. The number of esters is 4. The van der Waals surface area contributed by atoms with Gasteiger partial charge >= 0.3 is 39.5 Å². The molecular weight excluding hydrogens is 1310 g/mol. The Morgan fingerprint density at radius 2 is 0.460 bits per heavy atom. The van der Waals surface area contributed by atoms with Crippen LogP contribution in [0.2, 0.25) is 0 Å². The number of carbonyl (C=O) groups is 4. The Kier molecular flexibility index (Phi) is 71.2. The average Bonchev–Trinajstić information content (AvgIpc) is 1.11. The van der Waals surface area contributed by atoms with E-state index in [4.69, 9.17) is 37.0 Å². The monoisotopic (exact) mass is 1470 g/mol. The predicted octanol–water partition coefficient (Wildman–Crippen LogP) is 24.3. The van der Waals surface area contributed by atoms with Gasteiger partial charge in [-0.2, -0.15) is 0 Å². The maximum Gasteiger partial charge on any atom is 0.472 e. The molecule has 3 N–H and O–H groups in total. The van der Waals surface area contributed by atoms with Crippen molar-refractivity contribution < 1.29 is 80.2 Å². The van der Waals surface area contributed by atoms with E-state index >= 15 is 0 Å². The lowest BCUT2D eigenvalue weighted by Crippen LogP contribution is -2.30. The van der Waals surface area contributed by atoms with Gasteiger partial charge in [-0.25, -0.2) is 9.13 Å². The lowest BCUT2D eigenvalue weighted by Gasteiger charge is -2.21. The smallest absolute Gasteiger partial charge is 0.462 e. The number of ether oxygens (including phenoxy) is 4. The van der Waals surface area contributed by atoms with E-state index in [0.29, 0.717) is 25.7 Å². The van der Waals surface area contributed by atoms with Crippen LogP contribution in [0.3, 0.4) is 0 Å². The first kappa shape index (κ1) is 98.1. The molecule has 100 heavy (non-hydrogen) atoms. The van der Waals surface area contributed by atoms with E-state index in [0.717, 1.165) is 102 Å². The summed E-state index contributed by atoms with van der Waals surface area (Å²) in [6, 6.07) is 0. The first-order valence-corrected chi connectivity index (χ1v) is 45.0. The summed E-state index contributed by atoms with van der Waals surface area (Å²) in [6.45, 7) is 9.63. The molecule has 0 aliphatic heterocycles. The highest BCUT2D eigenvalue weighted by atomic mass is 31.2. The molecular formula is C81H158O17P2. The van der Waals surface area contributed by atoms with E-state index in [1.165, 1.54) is 244 Å². The fourth-order valence-electron chi connectivity index (χ4n) is 12.5. The number of aliphatic hydroxyl groups is 1. The van der Waals surface area contributed by atoms with Crippen molar-refractivity contribution in [2.24, 2.45) is 11.8 Å². The van der Waals surface area contributed by atoms with Crippen molar-refractivity contribution in [3.63, 3.8) is 0 Å². The van der Waals surface area contributed by atoms with Gasteiger partial charge in [0.05, 0.1) is 26.4 Å². The van der Waals surface area contributed by atoms with Gasteiger partial charge in [0, 0.05) is 25.7 Å². The summed E-state index contributed by atoms with van der Waals surface area (Å²) in [5, 5.41) is 10.6. The molecule has 0 aromatic heterocycles. The van der Waals surface area contributed by atoms with Crippen molar-refractivity contribution >= 4 is 39.5 Å². The van der Waals surface area contributed by atoms with Crippen molar-refractivity contribution in [1.82, 2.24) is 0 Å². The zero-order valence-corrected chi connectivity index (χ0v) is 67.3. The minimum atomic E-state index is -4.96. The predicted molar refractivity (Wildman–Crippen MR) is 409 cm³/mol. The normalized spacial score (nSPS) is 13.9. The van der Waals surface area contributed by atoms with Crippen molar-refractivity contribution in [2.75, 3.05) is 39.6 Å². The molecule has 0 spiro atoms. The molecule has 0 fully saturated rings. The van der Waals surface area contributed by atoms with E-state index < -0.39 is 97.5 Å². The van der Waals surface area contributed by atoms with Gasteiger partial charge in [0.2, 0.25) is 0 Å². The van der Waals surface area contributed by atoms with Gasteiger partial charge in [-0.1, -0.05) is 375 Å². The number of carbonyl (C=O) groups excluding carboxylic acids is 4. The summed E-state index contributed by atoms with van der Waals surface area (Å²) >= 11 is 0. The minimum Gasteiger partial charge on any atom is -0.462 e. The Morgan fingerprint density at radius 3 is 0.680 bits per heavy atom. The molecule has 0 rings (SSSR count). The SMILES string of the molecule is CCCCCCCCCCCCCCCCCCCCCCC(=O)O[C@H](COC(=O)CCCCCCCCCCCCCCCCC(C)C)COP(=O)(O)OC[C@@H](O)COP(=O)(O)OC[C@@H](COC(=O)CCCCCCCCCCCCC)OC(=O)CCCCCCCCCCCC(C)C. The van der Waals surface area contributed by atoms with E-state index in [2.05, 4.69) is 41.5 Å². The third-order valence-corrected chi connectivity index (χ3v) is 20.9. The van der Waals surface area contributed by atoms with Gasteiger partial charge in [0.25, 0.3) is 0 Å². The molecule has 0 aromatic rings. The van der Waals surface area contributed by atoms with Crippen molar-refractivity contribution in [2.45, 2.75) is 445 Å². The molecule has 0 saturated heterocycles. The Balaban J connectivity index is 5.23. The van der Waals surface area contributed by atoms with Gasteiger partial charge in [-0.05, 0) is 37.5 Å². The maximum absolute atomic E-state index is 13.1. The van der Waals surface area contributed by atoms with Gasteiger partial charge in [-0.15, -0.1) is 0 Å². The first-order valence-electron chi connectivity index (χ1n) is 42.0. The Hall–Kier alpha value is -1.94. The van der Waals surface area contributed by atoms with Crippen LogP contribution in [-0.4, -0.2) is 96.7 Å². The zero-order chi connectivity index (χ0) is 73.5. The number of hydrogen-bond donors (Lipinski definition) is 3. The summed E-state index contributed by atoms with van der Waals surface area (Å²) in [5.41, 5.74) is 0. The quantitative estimate of drug-likeness (QED) is 0.0222. The summed E-state index contributed by atoms with van der Waals surface area (Å²) in [5.74, 6) is -0.573. The van der Waals surface area contributed by atoms with Gasteiger partial charge in [-0.3, -0.25) is 37.3 Å². The Labute approximate surface area is 613 Å². The Morgan fingerprint density at radius 1 is 0.270 bits per heavy atom. The van der Waals surface area contributed by atoms with Crippen LogP contribution in [0.15, 0.2) is 0 Å². The van der Waals surface area contributed by atoms with E-state index in [9.17, 15) is 43.2 Å². The molecule has 0 saturated carbocycles. The molecule has 0 aliphatic carbocycles. The molecule has 19 heteroatoms. The molecule has 5 atom stereocenters. The van der Waals surface area contributed by atoms with Crippen LogP contribution in [0.25, 0.3) is 0 Å². The van der Waals surface area contributed by atoms with Gasteiger partial charge in [0.15, 0.2) is 12.2 Å². The van der Waals surface area contributed by atoms with Crippen LogP contribution in [0, 0.1) is 11.8 Å². The largest absolute Gasteiger partial charge is 0.472 e. The van der Waals surface area contributed by atoms with Crippen LogP contribution >= 0.6 is 15.6 Å². The number of phosphoric acid groups is 2. The summed E-state index contributed by atoms with van der Waals surface area (Å²) in [4.78, 5) is 73.0. The molecule has 0 amide bonds. The van der Waals surface area contributed by atoms with Gasteiger partial charge < -0.3 is 33.8 Å². The van der Waals surface area contributed by atoms with Crippen molar-refractivity contribution in [1.29, 1.82) is 0 Å². The number of rotatable bonds is 80. The third-order valence-electron chi connectivity index (χ3n) is 19.0. The number of phosphoric ester groups is 2. The average molecular weight is 1470 g/mol. The van der Waals surface area contributed by atoms with E-state index in [-0.39, 0.29) is 25.7 Å². The lowest BCUT2D eigenvalue weighted by atomic mass is 10.0. The molecule has 0 radical (unpaired) electrons. The van der Waals surface area contributed by atoms with Crippen LogP contribution in [0.5, 0.6) is 0 Å². The highest BCUT2D eigenvalue weighted by molar-refractivity contribution is 7.47. The highest BCUT2D eigenvalue weighted by Crippen LogP contribution is 2.45. The fraction of sp³-hybridized carbons (Fsp3) is 0.951. The second-order valence-corrected chi connectivity index (χ2v) is 33.0. The number of aliphatic hydroxyl groups excluding tert-OH is 1. The highest BCUT2D eigenvalue weighted by Gasteiger charge is 2.30. The van der Waals surface area contributed by atoms with Crippen molar-refractivity contribution in [3.05, 3.63) is 0 Å². The molecule has 2 unspecified atom stereocenters. The summed E-state index contributed by atoms with van der Waals surface area (Å²) < 4.78 is 68.7. The zero-order valence-electron chi connectivity index (χ0n) is 65.5. The lowest BCUT2D eigenvalue weighted by molar-refractivity contribution is -0.161. The molecule has 17 nitrogen and oxygen atoms in total. The summed E-state index contributed by atoms with van der Waals surface area (Å²) in [7, 11) is -9.92. The van der Waals surface area contributed by atoms with E-state index in [1.54, 1.807) is 0 Å². The molecule has 0 aromatic carbocycles. The summed E-state index contributed by atoms with van der Waals surface area (Å²) in [6.07, 6.45) is 62.5. The molecule has 594 valence electrons. The second-order valence-electron chi connectivity index (χ2n) is 30.1. The number of hydrogen-bond acceptors (Lipinski definition) is 15. The van der Waals surface area contributed by atoms with Crippen LogP contribution in [0.4, 0.5) is 0 Å². The van der Waals surface area contributed by atoms with Crippen LogP contribution < -0.4 is 0 Å². The van der Waals surface area contributed by atoms with Gasteiger partial charge in [0.1, 0.15) is 19.3 Å². The first-order chi connectivity index (χ1) is 48.4. The van der Waals surface area contributed by atoms with Crippen LogP contribution in [0.1, 0.15) is 427 Å². The molecule has 0 heterocycles.